The minimum absolute atomic E-state index is 0.246. The summed E-state index contributed by atoms with van der Waals surface area (Å²) in [6.07, 6.45) is 35.1. The van der Waals surface area contributed by atoms with E-state index in [4.69, 9.17) is 4.74 Å². The number of ketones is 1. The Kier molecular flexibility index (Phi) is 31.3. The zero-order valence-electron chi connectivity index (χ0n) is 27.7. The summed E-state index contributed by atoms with van der Waals surface area (Å²) in [5, 5.41) is 20.2. The van der Waals surface area contributed by atoms with Gasteiger partial charge in [-0.1, -0.05) is 147 Å². The molecule has 0 aliphatic heterocycles. The van der Waals surface area contributed by atoms with Crippen molar-refractivity contribution in [1.82, 2.24) is 0 Å². The Morgan fingerprint density at radius 3 is 1.48 bits per heavy atom. The highest BCUT2D eigenvalue weighted by molar-refractivity contribution is 5.83. The number of unbranched alkanes of at least 4 members (excludes halogenated alkanes) is 20. The van der Waals surface area contributed by atoms with E-state index in [9.17, 15) is 19.8 Å². The average Bonchev–Trinajstić information content (AvgIpc) is 2.99. The van der Waals surface area contributed by atoms with E-state index in [0.717, 1.165) is 57.8 Å². The van der Waals surface area contributed by atoms with Crippen LogP contribution in [-0.4, -0.2) is 40.8 Å². The molecule has 42 heavy (non-hydrogen) atoms. The molecule has 0 aliphatic carbocycles. The summed E-state index contributed by atoms with van der Waals surface area (Å²) >= 11 is 0. The third-order valence-corrected chi connectivity index (χ3v) is 7.97. The summed E-state index contributed by atoms with van der Waals surface area (Å²) in [6.45, 7) is 4.15. The zero-order chi connectivity index (χ0) is 30.9. The Morgan fingerprint density at radius 1 is 0.548 bits per heavy atom. The minimum atomic E-state index is -1.49. The summed E-state index contributed by atoms with van der Waals surface area (Å²) in [5.74, 6) is -0.744. The molecule has 5 nitrogen and oxygen atoms in total. The molecule has 0 heterocycles. The Bertz CT molecular complexity index is 657. The van der Waals surface area contributed by atoms with E-state index in [-0.39, 0.29) is 24.8 Å². The quantitative estimate of drug-likeness (QED) is 0.0461. The molecule has 0 aliphatic rings. The zero-order valence-corrected chi connectivity index (χ0v) is 27.7. The number of carbonyl (C=O) groups excluding carboxylic acids is 2. The van der Waals surface area contributed by atoms with Crippen LogP contribution >= 0.6 is 0 Å². The van der Waals surface area contributed by atoms with Crippen LogP contribution in [0.2, 0.25) is 0 Å². The van der Waals surface area contributed by atoms with Crippen LogP contribution in [0.15, 0.2) is 24.3 Å². The number of Topliss-reactive ketones (excluding diaryl/α,β-unsaturated/α-hetero) is 1. The molecular weight excluding hydrogens is 524 g/mol. The number of hydrogen-bond donors (Lipinski definition) is 2. The average molecular weight is 593 g/mol. The summed E-state index contributed by atoms with van der Waals surface area (Å²) in [7, 11) is 0. The first-order chi connectivity index (χ1) is 20.5. The highest BCUT2D eigenvalue weighted by atomic mass is 16.5. The maximum Gasteiger partial charge on any atom is 0.305 e. The van der Waals surface area contributed by atoms with Gasteiger partial charge in [-0.05, 0) is 44.9 Å². The lowest BCUT2D eigenvalue weighted by Gasteiger charge is -2.16. The summed E-state index contributed by atoms with van der Waals surface area (Å²) in [5.41, 5.74) is 0. The molecule has 0 radical (unpaired) electrons. The van der Waals surface area contributed by atoms with Crippen molar-refractivity contribution in [3.63, 3.8) is 0 Å². The van der Waals surface area contributed by atoms with Gasteiger partial charge in [0.2, 0.25) is 0 Å². The second-order valence-corrected chi connectivity index (χ2v) is 12.1. The van der Waals surface area contributed by atoms with Crippen molar-refractivity contribution < 1.29 is 24.5 Å². The van der Waals surface area contributed by atoms with E-state index in [1.54, 1.807) is 0 Å². The number of rotatable bonds is 32. The smallest absolute Gasteiger partial charge is 0.305 e. The second kappa shape index (κ2) is 32.5. The fourth-order valence-corrected chi connectivity index (χ4v) is 5.10. The van der Waals surface area contributed by atoms with Crippen LogP contribution < -0.4 is 0 Å². The molecule has 0 rings (SSSR count). The molecule has 5 heteroatoms. The number of esters is 1. The van der Waals surface area contributed by atoms with Crippen molar-refractivity contribution >= 4 is 11.8 Å². The van der Waals surface area contributed by atoms with Crippen LogP contribution in [-0.2, 0) is 14.3 Å². The van der Waals surface area contributed by atoms with Crippen LogP contribution in [0.3, 0.4) is 0 Å². The number of carbonyl (C=O) groups is 2. The standard InChI is InChI=1S/C37H68O5/c1-3-5-7-9-11-13-15-17-18-20-21-23-25-27-29-31-34(38)37(41)35(39)33-42-36(40)32-30-28-26-24-22-19-16-14-12-10-8-6-4-2/h11,13,17-18,35,37,39,41H,3-10,12,14-16,19-33H2,1-2H3/b13-11-,18-17-/t35-,37?/m0/s1. The van der Waals surface area contributed by atoms with Gasteiger partial charge in [0, 0.05) is 12.8 Å². The highest BCUT2D eigenvalue weighted by Gasteiger charge is 2.24. The molecule has 0 amide bonds. The number of allylic oxidation sites excluding steroid dienone is 4. The third kappa shape index (κ3) is 28.6. The van der Waals surface area contributed by atoms with Crippen LogP contribution in [0, 0.1) is 0 Å². The van der Waals surface area contributed by atoms with Crippen molar-refractivity contribution in [1.29, 1.82) is 0 Å². The van der Waals surface area contributed by atoms with Gasteiger partial charge in [0.25, 0.3) is 0 Å². The molecule has 0 aromatic carbocycles. The summed E-state index contributed by atoms with van der Waals surface area (Å²) in [6, 6.07) is 0. The number of aliphatic hydroxyl groups is 2. The minimum Gasteiger partial charge on any atom is -0.463 e. The fourth-order valence-electron chi connectivity index (χ4n) is 5.10. The summed E-state index contributed by atoms with van der Waals surface area (Å²) in [4.78, 5) is 24.2. The van der Waals surface area contributed by atoms with Gasteiger partial charge in [-0.3, -0.25) is 9.59 Å². The number of hydrogen-bond acceptors (Lipinski definition) is 5. The maximum atomic E-state index is 12.2. The van der Waals surface area contributed by atoms with Crippen LogP contribution in [0.25, 0.3) is 0 Å². The second-order valence-electron chi connectivity index (χ2n) is 12.1. The molecule has 2 N–H and O–H groups in total. The van der Waals surface area contributed by atoms with Gasteiger partial charge in [0.15, 0.2) is 5.78 Å². The topological polar surface area (TPSA) is 83.8 Å². The van der Waals surface area contributed by atoms with Crippen LogP contribution in [0.5, 0.6) is 0 Å². The van der Waals surface area contributed by atoms with Gasteiger partial charge in [-0.25, -0.2) is 0 Å². The van der Waals surface area contributed by atoms with E-state index in [2.05, 4.69) is 38.2 Å². The molecule has 0 spiro atoms. The molecular formula is C37H68O5. The fraction of sp³-hybridized carbons (Fsp3) is 0.838. The highest BCUT2D eigenvalue weighted by Crippen LogP contribution is 2.14. The van der Waals surface area contributed by atoms with Crippen molar-refractivity contribution in [2.24, 2.45) is 0 Å². The van der Waals surface area contributed by atoms with Gasteiger partial charge in [0.1, 0.15) is 18.8 Å². The lowest BCUT2D eigenvalue weighted by molar-refractivity contribution is -0.152. The van der Waals surface area contributed by atoms with Crippen LogP contribution in [0.1, 0.15) is 181 Å². The third-order valence-electron chi connectivity index (χ3n) is 7.97. The Labute approximate surface area is 260 Å². The Morgan fingerprint density at radius 2 is 0.952 bits per heavy atom. The molecule has 0 saturated carbocycles. The molecule has 0 fully saturated rings. The lowest BCUT2D eigenvalue weighted by atomic mass is 10.0. The largest absolute Gasteiger partial charge is 0.463 e. The lowest BCUT2D eigenvalue weighted by Crippen LogP contribution is -2.37. The number of aliphatic hydroxyl groups excluding tert-OH is 2. The van der Waals surface area contributed by atoms with Gasteiger partial charge in [0.05, 0.1) is 0 Å². The van der Waals surface area contributed by atoms with Crippen molar-refractivity contribution in [2.75, 3.05) is 6.61 Å². The molecule has 0 aromatic heterocycles. The Hall–Kier alpha value is -1.46. The van der Waals surface area contributed by atoms with Crippen molar-refractivity contribution in [2.45, 2.75) is 193 Å². The molecule has 1 unspecified atom stereocenters. The molecule has 0 saturated heterocycles. The van der Waals surface area contributed by atoms with E-state index < -0.39 is 12.2 Å². The number of ether oxygens (including phenoxy) is 1. The van der Waals surface area contributed by atoms with Crippen LogP contribution in [0.4, 0.5) is 0 Å². The van der Waals surface area contributed by atoms with Gasteiger partial charge in [-0.15, -0.1) is 0 Å². The first kappa shape index (κ1) is 40.5. The van der Waals surface area contributed by atoms with E-state index in [0.29, 0.717) is 12.8 Å². The Balaban J connectivity index is 3.60. The van der Waals surface area contributed by atoms with E-state index >= 15 is 0 Å². The molecule has 2 atom stereocenters. The normalized spacial score (nSPS) is 13.2. The predicted octanol–water partition coefficient (Wildman–Crippen LogP) is 10.1. The maximum absolute atomic E-state index is 12.2. The van der Waals surface area contributed by atoms with E-state index in [1.807, 2.05) is 0 Å². The van der Waals surface area contributed by atoms with Crippen molar-refractivity contribution in [3.8, 4) is 0 Å². The monoisotopic (exact) mass is 593 g/mol. The molecule has 0 bridgehead atoms. The van der Waals surface area contributed by atoms with Gasteiger partial charge >= 0.3 is 5.97 Å². The predicted molar refractivity (Wildman–Crippen MR) is 178 cm³/mol. The van der Waals surface area contributed by atoms with E-state index in [1.165, 1.54) is 89.9 Å². The van der Waals surface area contributed by atoms with Gasteiger partial charge in [-0.2, -0.15) is 0 Å². The SMILES string of the molecule is CCCCC/C=C\C/C=C\CCCCCCCC(=O)C(O)[C@@H](O)COC(=O)CCCCCCCCCCCCCCC. The molecule has 246 valence electrons. The van der Waals surface area contributed by atoms with Gasteiger partial charge < -0.3 is 14.9 Å². The van der Waals surface area contributed by atoms with Crippen molar-refractivity contribution in [3.05, 3.63) is 24.3 Å². The molecule has 0 aromatic rings. The first-order valence-corrected chi connectivity index (χ1v) is 17.9. The first-order valence-electron chi connectivity index (χ1n) is 17.9. The summed E-state index contributed by atoms with van der Waals surface area (Å²) < 4.78 is 5.10.